The molecule has 1 amide bonds. The van der Waals surface area contributed by atoms with Crippen molar-refractivity contribution in [3.8, 4) is 66.8 Å². The van der Waals surface area contributed by atoms with E-state index in [2.05, 4.69) is 20.4 Å². The number of Topliss-reactive ketones (excluding diaryl/α,β-unsaturated/α-hetero) is 1. The smallest absolute Gasteiger partial charge is 0.279 e. The molecule has 8 aromatic rings. The maximum Gasteiger partial charge on any atom is 0.279 e. The van der Waals surface area contributed by atoms with Crippen molar-refractivity contribution in [2.75, 3.05) is 55.8 Å². The van der Waals surface area contributed by atoms with Crippen LogP contribution in [0.15, 0.2) is 112 Å². The van der Waals surface area contributed by atoms with E-state index < -0.39 is 12.2 Å². The Labute approximate surface area is 435 Å². The quantitative estimate of drug-likeness (QED) is 0.0584. The lowest BCUT2D eigenvalue weighted by Crippen LogP contribution is -2.32. The number of benzene rings is 4. The molecule has 0 aliphatic heterocycles. The molecule has 72 heavy (non-hydrogen) atoms. The number of ketones is 1. The summed E-state index contributed by atoms with van der Waals surface area (Å²) >= 11 is 15.4. The highest BCUT2D eigenvalue weighted by Crippen LogP contribution is 2.41. The molecule has 20 heteroatoms. The number of aromatic nitrogens is 4. The number of aryl methyl sites for hydroxylation is 2. The summed E-state index contributed by atoms with van der Waals surface area (Å²) in [6.07, 6.45) is 0.131. The number of hydroxylamine groups is 2. The Bertz CT molecular complexity index is 2960. The van der Waals surface area contributed by atoms with Gasteiger partial charge in [0.1, 0.15) is 70.7 Å². The van der Waals surface area contributed by atoms with Crippen molar-refractivity contribution in [1.29, 1.82) is 0 Å². The molecular formula is C52H53Cl2N5O11S2. The summed E-state index contributed by atoms with van der Waals surface area (Å²) in [7, 11) is 9.17. The van der Waals surface area contributed by atoms with Crippen molar-refractivity contribution in [2.45, 2.75) is 39.9 Å². The van der Waals surface area contributed by atoms with Gasteiger partial charge in [-0.05, 0) is 87.4 Å². The first-order valence-electron chi connectivity index (χ1n) is 22.1. The Kier molecular flexibility index (Phi) is 19.9. The molecule has 0 radical (unpaired) electrons. The van der Waals surface area contributed by atoms with Crippen LogP contribution in [0.25, 0.3) is 43.8 Å². The van der Waals surface area contributed by atoms with Crippen LogP contribution >= 0.6 is 45.9 Å². The second-order valence-electron chi connectivity index (χ2n) is 15.1. The Morgan fingerprint density at radius 1 is 0.597 bits per heavy atom. The largest absolute Gasteiger partial charge is 0.495 e. The highest BCUT2D eigenvalue weighted by atomic mass is 35.5. The van der Waals surface area contributed by atoms with E-state index in [-0.39, 0.29) is 17.5 Å². The number of ether oxygens (including phenoxy) is 6. The van der Waals surface area contributed by atoms with E-state index in [1.165, 1.54) is 49.1 Å². The Morgan fingerprint density at radius 3 is 1.43 bits per heavy atom. The number of nitrogens with zero attached hydrogens (tertiary/aromatic N) is 5. The van der Waals surface area contributed by atoms with Crippen molar-refractivity contribution in [3.05, 3.63) is 140 Å². The fraction of sp³-hybridized carbons (Fsp3) is 0.269. The van der Waals surface area contributed by atoms with Gasteiger partial charge in [-0.3, -0.25) is 14.4 Å². The maximum absolute atomic E-state index is 13.3. The van der Waals surface area contributed by atoms with Gasteiger partial charge in [0.15, 0.2) is 11.9 Å². The molecule has 4 aromatic carbocycles. The molecule has 0 saturated carbocycles. The second kappa shape index (κ2) is 26.2. The SMILES string of the molecule is CCOC(C(=O)N(C)OC)c1ccc(-c2nnc(C)s2)cc1.CCOC(C(=O)c1ccc(-c2cc(OC)c(Cl)c(OC)c2)o1)c1ccc(-c2nnc(C)s2)cc1.COc1cc(-c2ccco2)cc(OC)c1Cl. The summed E-state index contributed by atoms with van der Waals surface area (Å²) < 4.78 is 43.6. The lowest BCUT2D eigenvalue weighted by molar-refractivity contribution is -0.181. The van der Waals surface area contributed by atoms with Crippen LogP contribution in [-0.4, -0.2) is 93.0 Å². The first-order chi connectivity index (χ1) is 34.8. The zero-order valence-electron chi connectivity index (χ0n) is 41.2. The van der Waals surface area contributed by atoms with E-state index in [0.717, 1.165) is 53.6 Å². The van der Waals surface area contributed by atoms with Crippen molar-refractivity contribution in [1.82, 2.24) is 25.5 Å². The van der Waals surface area contributed by atoms with Crippen LogP contribution < -0.4 is 18.9 Å². The highest BCUT2D eigenvalue weighted by molar-refractivity contribution is 7.14. The fourth-order valence-electron chi connectivity index (χ4n) is 6.87. The minimum Gasteiger partial charge on any atom is -0.495 e. The topological polar surface area (TPSA) is 180 Å². The molecule has 2 atom stereocenters. The Morgan fingerprint density at radius 2 is 1.04 bits per heavy atom. The molecule has 16 nitrogen and oxygen atoms in total. The number of amides is 1. The van der Waals surface area contributed by atoms with E-state index in [9.17, 15) is 9.59 Å². The van der Waals surface area contributed by atoms with Crippen LogP contribution in [0.2, 0.25) is 10.0 Å². The van der Waals surface area contributed by atoms with E-state index in [1.54, 1.807) is 51.8 Å². The fourth-order valence-corrected chi connectivity index (χ4v) is 8.79. The number of hydrogen-bond donors (Lipinski definition) is 0. The van der Waals surface area contributed by atoms with Gasteiger partial charge >= 0.3 is 0 Å². The zero-order valence-corrected chi connectivity index (χ0v) is 44.3. The van der Waals surface area contributed by atoms with Gasteiger partial charge < -0.3 is 37.3 Å². The number of methoxy groups -OCH3 is 4. The molecule has 2 unspecified atom stereocenters. The van der Waals surface area contributed by atoms with Gasteiger partial charge in [-0.2, -0.15) is 0 Å². The van der Waals surface area contributed by atoms with Gasteiger partial charge in [-0.1, -0.05) is 94.4 Å². The van der Waals surface area contributed by atoms with Crippen molar-refractivity contribution < 1.29 is 51.7 Å². The van der Waals surface area contributed by atoms with E-state index >= 15 is 0 Å². The van der Waals surface area contributed by atoms with Crippen LogP contribution in [0.4, 0.5) is 0 Å². The zero-order chi connectivity index (χ0) is 51.9. The van der Waals surface area contributed by atoms with Gasteiger partial charge in [0, 0.05) is 42.5 Å². The number of hydrogen-bond acceptors (Lipinski definition) is 17. The van der Waals surface area contributed by atoms with Gasteiger partial charge in [0.25, 0.3) is 5.91 Å². The Hall–Kier alpha value is -6.64. The first-order valence-corrected chi connectivity index (χ1v) is 24.5. The number of carbonyl (C=O) groups is 2. The van der Waals surface area contributed by atoms with Crippen LogP contribution in [0.3, 0.4) is 0 Å². The summed E-state index contributed by atoms with van der Waals surface area (Å²) in [5.41, 5.74) is 4.94. The molecule has 4 heterocycles. The van der Waals surface area contributed by atoms with Crippen LogP contribution in [0.5, 0.6) is 23.0 Å². The van der Waals surface area contributed by atoms with Crippen molar-refractivity contribution in [2.24, 2.45) is 0 Å². The van der Waals surface area contributed by atoms with Gasteiger partial charge in [-0.25, -0.2) is 5.06 Å². The maximum atomic E-state index is 13.3. The van der Waals surface area contributed by atoms with Crippen LogP contribution in [0, 0.1) is 13.8 Å². The first kappa shape index (κ1) is 54.7. The summed E-state index contributed by atoms with van der Waals surface area (Å²) in [4.78, 5) is 30.6. The normalized spacial score (nSPS) is 11.6. The predicted molar refractivity (Wildman–Crippen MR) is 278 cm³/mol. The third kappa shape index (κ3) is 13.4. The highest BCUT2D eigenvalue weighted by Gasteiger charge is 2.27. The second-order valence-corrected chi connectivity index (χ2v) is 18.2. The third-order valence-corrected chi connectivity index (χ3v) is 13.0. The average molecular weight is 1060 g/mol. The van der Waals surface area contributed by atoms with Gasteiger partial charge in [-0.15, -0.1) is 20.4 Å². The van der Waals surface area contributed by atoms with Crippen LogP contribution in [-0.2, 0) is 19.1 Å². The number of furan rings is 2. The standard InChI is InChI=1S/C25H23ClN2O5S.C15H19N3O3S.C12H11ClO3/c1-5-32-24(15-6-8-16(9-7-15)25-28-27-14(2)34-25)23(29)19-11-10-18(33-19)17-12-20(30-3)22(26)21(13-17)31-4;1-5-21-13(15(19)18(3)20-4)11-6-8-12(9-7-11)14-17-16-10(2)22-14;1-14-10-6-8(9-4-3-5-16-9)7-11(15-2)12(10)13/h6-13,24H,5H2,1-4H3;6-9,13H,5H2,1-4H3;3-7H,1-2H3. The molecule has 0 bridgehead atoms. The molecule has 0 aliphatic carbocycles. The van der Waals surface area contributed by atoms with E-state index in [4.69, 9.17) is 65.3 Å². The van der Waals surface area contributed by atoms with E-state index in [0.29, 0.717) is 57.6 Å². The molecule has 0 spiro atoms. The van der Waals surface area contributed by atoms with Crippen LogP contribution in [0.1, 0.15) is 57.8 Å². The molecule has 0 fully saturated rings. The number of rotatable bonds is 18. The molecule has 4 aromatic heterocycles. The number of carbonyl (C=O) groups excluding carboxylic acids is 2. The summed E-state index contributed by atoms with van der Waals surface area (Å²) in [5, 5.41) is 21.8. The molecule has 8 rings (SSSR count). The number of likely N-dealkylation sites (N-methyl/N-ethyl adjacent to an activating group) is 1. The van der Waals surface area contributed by atoms with Gasteiger partial charge in [0.05, 0.1) is 41.8 Å². The summed E-state index contributed by atoms with van der Waals surface area (Å²) in [5.74, 6) is 2.90. The molecule has 378 valence electrons. The lowest BCUT2D eigenvalue weighted by atomic mass is 10.0. The van der Waals surface area contributed by atoms with Gasteiger partial charge in [0.2, 0.25) is 5.78 Å². The molecular weight excluding hydrogens is 1010 g/mol. The average Bonchev–Trinajstić information content (AvgIpc) is 4.27. The Balaban J connectivity index is 0.000000191. The molecule has 0 saturated heterocycles. The predicted octanol–water partition coefficient (Wildman–Crippen LogP) is 12.6. The van der Waals surface area contributed by atoms with Crippen molar-refractivity contribution in [3.63, 3.8) is 0 Å². The summed E-state index contributed by atoms with van der Waals surface area (Å²) in [6.45, 7) is 8.33. The molecule has 0 aliphatic rings. The number of halogens is 2. The molecule has 0 N–H and O–H groups in total. The van der Waals surface area contributed by atoms with Crippen molar-refractivity contribution >= 4 is 57.6 Å². The lowest BCUT2D eigenvalue weighted by Gasteiger charge is -2.22. The minimum atomic E-state index is -0.802. The van der Waals surface area contributed by atoms with E-state index in [1.807, 2.05) is 100 Å². The third-order valence-electron chi connectivity index (χ3n) is 10.5. The summed E-state index contributed by atoms with van der Waals surface area (Å²) in [6, 6.07) is 29.2. The minimum absolute atomic E-state index is 0.185. The monoisotopic (exact) mass is 1060 g/mol.